The van der Waals surface area contributed by atoms with Crippen molar-refractivity contribution < 1.29 is 14.6 Å². The van der Waals surface area contributed by atoms with Gasteiger partial charge in [-0.15, -0.1) is 15.3 Å². The molecule has 0 amide bonds. The van der Waals surface area contributed by atoms with Crippen LogP contribution in [-0.2, 0) is 0 Å². The average Bonchev–Trinajstić information content (AvgIpc) is 2.71. The summed E-state index contributed by atoms with van der Waals surface area (Å²) in [5, 5.41) is 37.8. The minimum Gasteiger partial charge on any atom is -0.489 e. The Morgan fingerprint density at radius 2 is 2.00 bits per heavy atom. The molecular weight excluding hydrogens is 360 g/mol. The predicted molar refractivity (Wildman–Crippen MR) is 103 cm³/mol. The number of hydrogen-bond donors (Lipinski definition) is 2. The highest BCUT2D eigenvalue weighted by Crippen LogP contribution is 2.16. The summed E-state index contributed by atoms with van der Waals surface area (Å²) in [6, 6.07) is 12.4. The number of nitriles is 1. The molecule has 0 aliphatic rings. The quantitative estimate of drug-likeness (QED) is 0.449. The smallest absolute Gasteiger partial charge is 0.233 e. The fourth-order valence-electron chi connectivity index (χ4n) is 2.04. The molecule has 1 heterocycles. The molecule has 1 unspecified atom stereocenters. The summed E-state index contributed by atoms with van der Waals surface area (Å²) in [5.41, 5.74) is 0.439. The van der Waals surface area contributed by atoms with E-state index in [1.807, 2.05) is 19.9 Å². The van der Waals surface area contributed by atoms with Gasteiger partial charge in [-0.05, 0) is 32.0 Å². The largest absolute Gasteiger partial charge is 0.489 e. The van der Waals surface area contributed by atoms with Gasteiger partial charge in [-0.3, -0.25) is 0 Å². The molecule has 2 N–H and O–H groups in total. The third-order valence-corrected chi connectivity index (χ3v) is 3.36. The molecule has 0 aliphatic carbocycles. The monoisotopic (exact) mass is 384 g/mol. The van der Waals surface area contributed by atoms with Gasteiger partial charge in [-0.25, -0.2) is 0 Å². The molecule has 0 aliphatic heterocycles. The van der Waals surface area contributed by atoms with Crippen molar-refractivity contribution in [2.24, 2.45) is 10.2 Å². The molecule has 2 aromatic rings. The number of para-hydroxylation sites is 1. The lowest BCUT2D eigenvalue weighted by Gasteiger charge is -2.14. The first-order valence-corrected chi connectivity index (χ1v) is 8.96. The van der Waals surface area contributed by atoms with Crippen molar-refractivity contribution in [2.45, 2.75) is 26.0 Å². The van der Waals surface area contributed by atoms with Crippen LogP contribution in [0.3, 0.4) is 0 Å². The molecule has 9 heteroatoms. The molecule has 148 valence electrons. The van der Waals surface area contributed by atoms with E-state index in [1.165, 1.54) is 0 Å². The van der Waals surface area contributed by atoms with Crippen LogP contribution >= 0.6 is 0 Å². The molecule has 1 aromatic heterocycles. The van der Waals surface area contributed by atoms with Gasteiger partial charge < -0.3 is 19.9 Å². The van der Waals surface area contributed by atoms with E-state index in [-0.39, 0.29) is 12.6 Å². The van der Waals surface area contributed by atoms with Crippen molar-refractivity contribution in [2.75, 3.05) is 26.3 Å². The highest BCUT2D eigenvalue weighted by Gasteiger charge is 2.07. The zero-order valence-electron chi connectivity index (χ0n) is 15.9. The van der Waals surface area contributed by atoms with Crippen LogP contribution in [0.5, 0.6) is 11.6 Å². The van der Waals surface area contributed by atoms with Crippen LogP contribution in [0.25, 0.3) is 0 Å². The van der Waals surface area contributed by atoms with Crippen LogP contribution in [0.15, 0.2) is 46.6 Å². The Kier molecular flexibility index (Phi) is 8.78. The third kappa shape index (κ3) is 7.65. The lowest BCUT2D eigenvalue weighted by atomic mass is 10.2. The topological polar surface area (TPSA) is 125 Å². The Morgan fingerprint density at radius 3 is 2.71 bits per heavy atom. The number of aromatic nitrogens is 2. The maximum Gasteiger partial charge on any atom is 0.233 e. The number of benzene rings is 1. The van der Waals surface area contributed by atoms with Gasteiger partial charge in [-0.1, -0.05) is 12.1 Å². The van der Waals surface area contributed by atoms with E-state index in [1.54, 1.807) is 36.4 Å². The standard InChI is InChI=1S/C19H24N6O3/c1-14(2)22-23-18-7-8-19(25-24-18)27-10-9-21-12-16(26)13-28-17-6-4-3-5-15(17)11-20/h3-8,14,16,21,26H,9-10,12-13H2,1-2H3. The lowest BCUT2D eigenvalue weighted by Crippen LogP contribution is -2.33. The van der Waals surface area contributed by atoms with E-state index in [0.717, 1.165) is 0 Å². The second kappa shape index (κ2) is 11.6. The number of azo groups is 1. The fraction of sp³-hybridized carbons (Fsp3) is 0.421. The van der Waals surface area contributed by atoms with E-state index in [9.17, 15) is 5.11 Å². The molecular formula is C19H24N6O3. The van der Waals surface area contributed by atoms with Crippen LogP contribution in [0.2, 0.25) is 0 Å². The third-order valence-electron chi connectivity index (χ3n) is 3.36. The summed E-state index contributed by atoms with van der Waals surface area (Å²) in [5.74, 6) is 1.28. The van der Waals surface area contributed by atoms with Gasteiger partial charge in [-0.2, -0.15) is 10.4 Å². The highest BCUT2D eigenvalue weighted by atomic mass is 16.5. The number of hydrogen-bond acceptors (Lipinski definition) is 9. The number of aliphatic hydroxyl groups is 1. The summed E-state index contributed by atoms with van der Waals surface area (Å²) in [6.07, 6.45) is -0.711. The van der Waals surface area contributed by atoms with E-state index in [0.29, 0.717) is 42.7 Å². The van der Waals surface area contributed by atoms with Crippen LogP contribution in [0.1, 0.15) is 19.4 Å². The van der Waals surface area contributed by atoms with E-state index in [4.69, 9.17) is 14.7 Å². The van der Waals surface area contributed by atoms with Crippen molar-refractivity contribution in [3.8, 4) is 17.7 Å². The summed E-state index contributed by atoms with van der Waals surface area (Å²) < 4.78 is 11.0. The highest BCUT2D eigenvalue weighted by molar-refractivity contribution is 5.42. The lowest BCUT2D eigenvalue weighted by molar-refractivity contribution is 0.105. The van der Waals surface area contributed by atoms with Gasteiger partial charge >= 0.3 is 0 Å². The summed E-state index contributed by atoms with van der Waals surface area (Å²) in [7, 11) is 0. The Bertz CT molecular complexity index is 789. The number of nitrogens with one attached hydrogen (secondary N) is 1. The summed E-state index contributed by atoms with van der Waals surface area (Å²) in [4.78, 5) is 0. The molecule has 1 atom stereocenters. The molecule has 2 rings (SSSR count). The van der Waals surface area contributed by atoms with Gasteiger partial charge in [0.05, 0.1) is 11.6 Å². The van der Waals surface area contributed by atoms with Crippen molar-refractivity contribution in [3.05, 3.63) is 42.0 Å². The summed E-state index contributed by atoms with van der Waals surface area (Å²) >= 11 is 0. The zero-order valence-corrected chi connectivity index (χ0v) is 15.9. The van der Waals surface area contributed by atoms with Crippen molar-refractivity contribution in [1.29, 1.82) is 5.26 Å². The maximum atomic E-state index is 9.96. The van der Waals surface area contributed by atoms with E-state index < -0.39 is 6.10 Å². The fourth-order valence-corrected chi connectivity index (χ4v) is 2.04. The molecule has 0 saturated carbocycles. The van der Waals surface area contributed by atoms with Gasteiger partial charge in [0.1, 0.15) is 31.1 Å². The number of rotatable bonds is 11. The SMILES string of the molecule is CC(C)N=Nc1ccc(OCCNCC(O)COc2ccccc2C#N)nn1. The Balaban J connectivity index is 1.61. The van der Waals surface area contributed by atoms with Crippen molar-refractivity contribution in [1.82, 2.24) is 15.5 Å². The van der Waals surface area contributed by atoms with Crippen molar-refractivity contribution in [3.63, 3.8) is 0 Å². The first-order valence-electron chi connectivity index (χ1n) is 8.96. The first kappa shape index (κ1) is 21.2. The molecule has 9 nitrogen and oxygen atoms in total. The van der Waals surface area contributed by atoms with Crippen molar-refractivity contribution >= 4 is 5.82 Å². The van der Waals surface area contributed by atoms with Crippen LogP contribution in [-0.4, -0.2) is 53.8 Å². The van der Waals surface area contributed by atoms with Gasteiger partial charge in [0.2, 0.25) is 5.88 Å². The van der Waals surface area contributed by atoms with E-state index >= 15 is 0 Å². The van der Waals surface area contributed by atoms with Gasteiger partial charge in [0.25, 0.3) is 0 Å². The minimum atomic E-state index is -0.711. The molecule has 1 aromatic carbocycles. The van der Waals surface area contributed by atoms with Crippen LogP contribution < -0.4 is 14.8 Å². The molecule has 0 bridgehead atoms. The minimum absolute atomic E-state index is 0.0877. The number of ether oxygens (including phenoxy) is 2. The predicted octanol–water partition coefficient (Wildman–Crippen LogP) is 2.25. The Labute approximate surface area is 164 Å². The zero-order chi connectivity index (χ0) is 20.2. The molecule has 0 fully saturated rings. The number of nitrogens with zero attached hydrogens (tertiary/aromatic N) is 5. The van der Waals surface area contributed by atoms with Gasteiger partial charge in [0, 0.05) is 19.2 Å². The molecule has 0 radical (unpaired) electrons. The Hall–Kier alpha value is -3.09. The van der Waals surface area contributed by atoms with Gasteiger partial charge in [0.15, 0.2) is 5.82 Å². The first-order chi connectivity index (χ1) is 13.6. The van der Waals surface area contributed by atoms with E-state index in [2.05, 4.69) is 25.7 Å². The average molecular weight is 384 g/mol. The molecule has 0 saturated heterocycles. The van der Waals surface area contributed by atoms with Crippen LogP contribution in [0, 0.1) is 11.3 Å². The molecule has 0 spiro atoms. The van der Waals surface area contributed by atoms with Crippen LogP contribution in [0.4, 0.5) is 5.82 Å². The molecule has 28 heavy (non-hydrogen) atoms. The number of aliphatic hydroxyl groups excluding tert-OH is 1. The normalized spacial score (nSPS) is 12.1. The second-order valence-corrected chi connectivity index (χ2v) is 6.16. The second-order valence-electron chi connectivity index (χ2n) is 6.16. The Morgan fingerprint density at radius 1 is 1.18 bits per heavy atom. The summed E-state index contributed by atoms with van der Waals surface area (Å²) in [6.45, 7) is 5.16. The maximum absolute atomic E-state index is 9.96.